The smallest absolute Gasteiger partial charge is 0.234 e. The van der Waals surface area contributed by atoms with Gasteiger partial charge in [0.25, 0.3) is 0 Å². The molecule has 0 aliphatic carbocycles. The molecule has 0 bridgehead atoms. The number of fused-ring (bicyclic) bond motifs is 2. The third kappa shape index (κ3) is 3.03. The van der Waals surface area contributed by atoms with Crippen LogP contribution in [0.2, 0.25) is 0 Å². The van der Waals surface area contributed by atoms with Crippen LogP contribution in [-0.4, -0.2) is 44.4 Å². The van der Waals surface area contributed by atoms with Crippen molar-refractivity contribution >= 4 is 16.3 Å². The molecule has 26 heavy (non-hydrogen) atoms. The summed E-state index contributed by atoms with van der Waals surface area (Å²) in [6, 6.07) is 7.74. The molecular weight excluding hydrogens is 350 g/mol. The molecule has 0 radical (unpaired) electrons. The number of benzene rings is 1. The SMILES string of the molecule is c1ccc2c(c1)OC[C@H](c1nn3c(CN4CCCCCC4)nnc3s1)O2. The Bertz CT molecular complexity index is 900. The molecule has 0 N–H and O–H groups in total. The molecule has 1 saturated heterocycles. The minimum atomic E-state index is -0.206. The molecule has 2 aliphatic rings. The highest BCUT2D eigenvalue weighted by molar-refractivity contribution is 7.16. The molecule has 5 rings (SSSR count). The number of hydrogen-bond donors (Lipinski definition) is 0. The van der Waals surface area contributed by atoms with Gasteiger partial charge in [-0.3, -0.25) is 4.90 Å². The quantitative estimate of drug-likeness (QED) is 0.705. The summed E-state index contributed by atoms with van der Waals surface area (Å²) in [4.78, 5) is 3.27. The monoisotopic (exact) mass is 371 g/mol. The number of aromatic nitrogens is 4. The highest BCUT2D eigenvalue weighted by Crippen LogP contribution is 2.36. The van der Waals surface area contributed by atoms with Crippen LogP contribution in [0.4, 0.5) is 0 Å². The van der Waals surface area contributed by atoms with Crippen molar-refractivity contribution in [2.24, 2.45) is 0 Å². The van der Waals surface area contributed by atoms with E-state index in [0.29, 0.717) is 6.61 Å². The van der Waals surface area contributed by atoms with E-state index in [1.807, 2.05) is 28.8 Å². The van der Waals surface area contributed by atoms with Crippen LogP contribution in [0.5, 0.6) is 11.5 Å². The first-order valence-electron chi connectivity index (χ1n) is 9.19. The van der Waals surface area contributed by atoms with E-state index in [-0.39, 0.29) is 6.10 Å². The molecule has 1 fully saturated rings. The number of nitrogens with zero attached hydrogens (tertiary/aromatic N) is 5. The van der Waals surface area contributed by atoms with Crippen LogP contribution in [0.25, 0.3) is 4.96 Å². The van der Waals surface area contributed by atoms with E-state index in [1.165, 1.54) is 37.0 Å². The van der Waals surface area contributed by atoms with Gasteiger partial charge >= 0.3 is 0 Å². The van der Waals surface area contributed by atoms with Crippen molar-refractivity contribution in [2.45, 2.75) is 38.3 Å². The van der Waals surface area contributed by atoms with Crippen LogP contribution in [0, 0.1) is 0 Å². The number of rotatable bonds is 3. The van der Waals surface area contributed by atoms with Crippen LogP contribution in [0.3, 0.4) is 0 Å². The third-order valence-corrected chi connectivity index (χ3v) is 5.91. The van der Waals surface area contributed by atoms with Crippen molar-refractivity contribution in [3.05, 3.63) is 35.1 Å². The number of para-hydroxylation sites is 2. The van der Waals surface area contributed by atoms with Gasteiger partial charge in [-0.15, -0.1) is 10.2 Å². The molecule has 0 unspecified atom stereocenters. The molecule has 1 atom stereocenters. The van der Waals surface area contributed by atoms with E-state index in [0.717, 1.165) is 46.9 Å². The summed E-state index contributed by atoms with van der Waals surface area (Å²) in [7, 11) is 0. The van der Waals surface area contributed by atoms with Gasteiger partial charge in [-0.25, -0.2) is 0 Å². The fraction of sp³-hybridized carbons (Fsp3) is 0.500. The van der Waals surface area contributed by atoms with Crippen LogP contribution >= 0.6 is 11.3 Å². The molecule has 1 aromatic carbocycles. The lowest BCUT2D eigenvalue weighted by atomic mass is 10.2. The summed E-state index contributed by atoms with van der Waals surface area (Å²) in [5.74, 6) is 2.45. The molecule has 0 saturated carbocycles. The predicted octanol–water partition coefficient (Wildman–Crippen LogP) is 3.07. The Morgan fingerprint density at radius 2 is 1.85 bits per heavy atom. The lowest BCUT2D eigenvalue weighted by Crippen LogP contribution is -2.25. The molecule has 3 aromatic rings. The van der Waals surface area contributed by atoms with Gasteiger partial charge in [0, 0.05) is 0 Å². The van der Waals surface area contributed by atoms with Gasteiger partial charge < -0.3 is 9.47 Å². The second-order valence-corrected chi connectivity index (χ2v) is 7.79. The molecule has 0 amide bonds. The van der Waals surface area contributed by atoms with E-state index in [4.69, 9.17) is 14.6 Å². The molecule has 136 valence electrons. The Kier molecular flexibility index (Phi) is 4.22. The highest BCUT2D eigenvalue weighted by Gasteiger charge is 2.27. The zero-order valence-corrected chi connectivity index (χ0v) is 15.3. The van der Waals surface area contributed by atoms with Crippen molar-refractivity contribution in [1.82, 2.24) is 24.7 Å². The molecule has 2 aromatic heterocycles. The van der Waals surface area contributed by atoms with E-state index in [2.05, 4.69) is 15.1 Å². The number of likely N-dealkylation sites (tertiary alicyclic amines) is 1. The van der Waals surface area contributed by atoms with Gasteiger partial charge in [-0.05, 0) is 38.1 Å². The third-order valence-electron chi connectivity index (χ3n) is 4.92. The highest BCUT2D eigenvalue weighted by atomic mass is 32.1. The van der Waals surface area contributed by atoms with Crippen molar-refractivity contribution in [2.75, 3.05) is 19.7 Å². The minimum Gasteiger partial charge on any atom is -0.485 e. The molecule has 0 spiro atoms. The normalized spacial score (nSPS) is 21.0. The average molecular weight is 371 g/mol. The van der Waals surface area contributed by atoms with Gasteiger partial charge in [0.05, 0.1) is 6.54 Å². The van der Waals surface area contributed by atoms with Crippen molar-refractivity contribution < 1.29 is 9.47 Å². The zero-order chi connectivity index (χ0) is 17.3. The second kappa shape index (κ2) is 6.85. The minimum absolute atomic E-state index is 0.206. The van der Waals surface area contributed by atoms with Crippen LogP contribution in [-0.2, 0) is 6.54 Å². The Morgan fingerprint density at radius 3 is 2.69 bits per heavy atom. The van der Waals surface area contributed by atoms with E-state index in [9.17, 15) is 0 Å². The van der Waals surface area contributed by atoms with Gasteiger partial charge in [0.15, 0.2) is 28.4 Å². The van der Waals surface area contributed by atoms with Crippen molar-refractivity contribution in [3.63, 3.8) is 0 Å². The van der Waals surface area contributed by atoms with Crippen LogP contribution in [0.15, 0.2) is 24.3 Å². The number of ether oxygens (including phenoxy) is 2. The standard InChI is InChI=1S/C18H21N5O2S/c1-2-6-10-22(9-5-1)11-16-19-20-18-23(16)21-17(26-18)15-12-24-13-7-3-4-8-14(13)25-15/h3-4,7-8,15H,1-2,5-6,9-12H2/t15-/m1/s1. The topological polar surface area (TPSA) is 64.8 Å². The number of hydrogen-bond acceptors (Lipinski definition) is 7. The van der Waals surface area contributed by atoms with Gasteiger partial charge in [0.1, 0.15) is 6.61 Å². The van der Waals surface area contributed by atoms with Crippen molar-refractivity contribution in [3.8, 4) is 11.5 Å². The summed E-state index contributed by atoms with van der Waals surface area (Å²) in [5.41, 5.74) is 0. The fourth-order valence-electron chi connectivity index (χ4n) is 3.54. The average Bonchev–Trinajstić information content (AvgIpc) is 3.15. The van der Waals surface area contributed by atoms with Crippen LogP contribution < -0.4 is 9.47 Å². The summed E-state index contributed by atoms with van der Waals surface area (Å²) >= 11 is 1.52. The first-order chi connectivity index (χ1) is 12.9. The molecule has 8 heteroatoms. The predicted molar refractivity (Wildman–Crippen MR) is 97.7 cm³/mol. The van der Waals surface area contributed by atoms with E-state index >= 15 is 0 Å². The fourth-order valence-corrected chi connectivity index (χ4v) is 4.41. The zero-order valence-electron chi connectivity index (χ0n) is 14.5. The van der Waals surface area contributed by atoms with Crippen LogP contribution in [0.1, 0.15) is 42.6 Å². The Hall–Kier alpha value is -2.19. The maximum Gasteiger partial charge on any atom is 0.234 e. The van der Waals surface area contributed by atoms with Crippen molar-refractivity contribution in [1.29, 1.82) is 0 Å². The Labute approximate surface area is 155 Å². The molecular formula is C18H21N5O2S. The summed E-state index contributed by atoms with van der Waals surface area (Å²) in [5, 5.41) is 14.3. The lowest BCUT2D eigenvalue weighted by Gasteiger charge is -2.24. The van der Waals surface area contributed by atoms with Gasteiger partial charge in [-0.2, -0.15) is 9.61 Å². The lowest BCUT2D eigenvalue weighted by molar-refractivity contribution is 0.0903. The largest absolute Gasteiger partial charge is 0.485 e. The molecule has 2 aliphatic heterocycles. The first-order valence-corrected chi connectivity index (χ1v) is 10.0. The summed E-state index contributed by atoms with van der Waals surface area (Å²) < 4.78 is 13.8. The summed E-state index contributed by atoms with van der Waals surface area (Å²) in [6.07, 6.45) is 4.97. The van der Waals surface area contributed by atoms with Gasteiger partial charge in [-0.1, -0.05) is 36.3 Å². The first kappa shape index (κ1) is 16.0. The van der Waals surface area contributed by atoms with Gasteiger partial charge in [0.2, 0.25) is 4.96 Å². The van der Waals surface area contributed by atoms with E-state index < -0.39 is 0 Å². The Morgan fingerprint density at radius 1 is 1.04 bits per heavy atom. The maximum absolute atomic E-state index is 6.07. The summed E-state index contributed by atoms with van der Waals surface area (Å²) in [6.45, 7) is 3.52. The Balaban J connectivity index is 1.36. The van der Waals surface area contributed by atoms with E-state index in [1.54, 1.807) is 0 Å². The molecule has 4 heterocycles. The molecule has 7 nitrogen and oxygen atoms in total. The maximum atomic E-state index is 6.07. The second-order valence-electron chi connectivity index (χ2n) is 6.81.